The zero-order valence-corrected chi connectivity index (χ0v) is 16.4. The van der Waals surface area contributed by atoms with Gasteiger partial charge in [0, 0.05) is 10.9 Å². The number of rotatable bonds is 4. The third-order valence-electron chi connectivity index (χ3n) is 3.49. The van der Waals surface area contributed by atoms with Crippen LogP contribution in [0.25, 0.3) is 11.0 Å². The second-order valence-corrected chi connectivity index (χ2v) is 7.41. The van der Waals surface area contributed by atoms with E-state index in [-0.39, 0.29) is 29.3 Å². The molecule has 3 aromatic rings. The number of hydrogen-bond donors (Lipinski definition) is 2. The van der Waals surface area contributed by atoms with Crippen molar-refractivity contribution in [2.75, 3.05) is 0 Å². The van der Waals surface area contributed by atoms with E-state index in [0.717, 1.165) is 0 Å². The summed E-state index contributed by atoms with van der Waals surface area (Å²) in [5.74, 6) is -1.15. The third-order valence-corrected chi connectivity index (χ3v) is 5.13. The lowest BCUT2D eigenvalue weighted by Gasteiger charge is -2.06. The van der Waals surface area contributed by atoms with Crippen molar-refractivity contribution < 1.29 is 24.2 Å². The summed E-state index contributed by atoms with van der Waals surface area (Å²) in [4.78, 5) is 24.1. The van der Waals surface area contributed by atoms with Crippen molar-refractivity contribution in [1.82, 2.24) is 0 Å². The Bertz CT molecular complexity index is 951. The molecule has 0 aliphatic carbocycles. The fraction of sp³-hybridized carbons (Fsp3) is 0.0588. The van der Waals surface area contributed by atoms with E-state index < -0.39 is 5.97 Å². The van der Waals surface area contributed by atoms with Gasteiger partial charge in [-0.2, -0.15) is 0 Å². The van der Waals surface area contributed by atoms with Crippen LogP contribution in [0.15, 0.2) is 40.8 Å². The average molecular weight is 548 g/mol. The van der Waals surface area contributed by atoms with Gasteiger partial charge in [-0.05, 0) is 63.4 Å². The Morgan fingerprint density at radius 2 is 1.71 bits per heavy atom. The second kappa shape index (κ2) is 6.71. The molecule has 24 heavy (non-hydrogen) atoms. The van der Waals surface area contributed by atoms with Gasteiger partial charge in [-0.3, -0.25) is 9.59 Å². The molecule has 1 aromatic heterocycles. The number of halogens is 2. The predicted molar refractivity (Wildman–Crippen MR) is 105 cm³/mol. The van der Waals surface area contributed by atoms with Crippen molar-refractivity contribution in [2.45, 2.75) is 6.42 Å². The Kier molecular flexibility index (Phi) is 4.81. The number of carboxylic acid groups (broad SMARTS) is 1. The first-order chi connectivity index (χ1) is 11.4. The van der Waals surface area contributed by atoms with Crippen LogP contribution in [0, 0.1) is 7.14 Å². The first-order valence-electron chi connectivity index (χ1n) is 6.83. The number of fused-ring (bicyclic) bond motifs is 1. The van der Waals surface area contributed by atoms with Gasteiger partial charge in [0.1, 0.15) is 23.5 Å². The maximum absolute atomic E-state index is 13.0. The molecule has 0 amide bonds. The maximum Gasteiger partial charge on any atom is 0.311 e. The molecule has 0 bridgehead atoms. The van der Waals surface area contributed by atoms with E-state index >= 15 is 0 Å². The molecule has 0 aliphatic rings. The van der Waals surface area contributed by atoms with Gasteiger partial charge >= 0.3 is 5.97 Å². The first kappa shape index (κ1) is 17.2. The summed E-state index contributed by atoms with van der Waals surface area (Å²) in [7, 11) is 0. The molecule has 5 nitrogen and oxygen atoms in total. The highest BCUT2D eigenvalue weighted by Gasteiger charge is 2.24. The van der Waals surface area contributed by atoms with Crippen LogP contribution in [0.2, 0.25) is 0 Å². The van der Waals surface area contributed by atoms with Crippen LogP contribution in [0.1, 0.15) is 21.7 Å². The molecular formula is C17H10I2O5. The predicted octanol–water partition coefficient (Wildman–Crippen LogP) is 4.21. The lowest BCUT2D eigenvalue weighted by molar-refractivity contribution is -0.136. The first-order valence-corrected chi connectivity index (χ1v) is 8.99. The van der Waals surface area contributed by atoms with Crippen molar-refractivity contribution in [3.63, 3.8) is 0 Å². The highest BCUT2D eigenvalue weighted by atomic mass is 127. The van der Waals surface area contributed by atoms with Gasteiger partial charge in [-0.25, -0.2) is 0 Å². The van der Waals surface area contributed by atoms with E-state index in [9.17, 15) is 14.7 Å². The zero-order chi connectivity index (χ0) is 17.4. The van der Waals surface area contributed by atoms with Crippen LogP contribution in [-0.2, 0) is 11.2 Å². The summed E-state index contributed by atoms with van der Waals surface area (Å²) in [6, 6.07) is 10.1. The van der Waals surface area contributed by atoms with E-state index in [1.54, 1.807) is 36.4 Å². The minimum atomic E-state index is -1.07. The van der Waals surface area contributed by atoms with Gasteiger partial charge < -0.3 is 14.6 Å². The molecule has 0 fully saturated rings. The summed E-state index contributed by atoms with van der Waals surface area (Å²) < 4.78 is 6.68. The number of aliphatic carboxylic acids is 1. The zero-order valence-electron chi connectivity index (χ0n) is 12.0. The van der Waals surface area contributed by atoms with Crippen molar-refractivity contribution in [3.8, 4) is 5.75 Å². The standard InChI is InChI=1S/C17H10I2O5/c18-10-5-8(6-11(19)17(10)23)16(22)15-9-3-1-2-4-12(9)24-13(15)7-14(20)21/h1-6,23H,7H2,(H,20,21). The Balaban J connectivity index is 2.20. The van der Waals surface area contributed by atoms with Gasteiger partial charge in [0.05, 0.1) is 12.7 Å². The summed E-state index contributed by atoms with van der Waals surface area (Å²) in [6.45, 7) is 0. The SMILES string of the molecule is O=C(O)Cc1oc2ccccc2c1C(=O)c1cc(I)c(O)c(I)c1. The molecule has 0 atom stereocenters. The maximum atomic E-state index is 13.0. The summed E-state index contributed by atoms with van der Waals surface area (Å²) >= 11 is 3.90. The number of para-hydroxylation sites is 1. The van der Waals surface area contributed by atoms with E-state index in [1.165, 1.54) is 0 Å². The Labute approximate surface area is 163 Å². The van der Waals surface area contributed by atoms with Crippen molar-refractivity contribution >= 4 is 67.9 Å². The van der Waals surface area contributed by atoms with Gasteiger partial charge in [0.25, 0.3) is 0 Å². The van der Waals surface area contributed by atoms with Crippen LogP contribution in [0.4, 0.5) is 0 Å². The summed E-state index contributed by atoms with van der Waals surface area (Å²) in [6.07, 6.45) is -0.373. The largest absolute Gasteiger partial charge is 0.506 e. The second-order valence-electron chi connectivity index (χ2n) is 5.08. The molecule has 7 heteroatoms. The number of ketones is 1. The Hall–Kier alpha value is -1.62. The number of benzene rings is 2. The molecular weight excluding hydrogens is 538 g/mol. The topological polar surface area (TPSA) is 87.7 Å². The fourth-order valence-electron chi connectivity index (χ4n) is 2.45. The van der Waals surface area contributed by atoms with Gasteiger partial charge in [0.2, 0.25) is 0 Å². The minimum absolute atomic E-state index is 0.121. The van der Waals surface area contributed by atoms with E-state index in [4.69, 9.17) is 9.52 Å². The lowest BCUT2D eigenvalue weighted by atomic mass is 9.99. The van der Waals surface area contributed by atoms with E-state index in [2.05, 4.69) is 0 Å². The third kappa shape index (κ3) is 3.14. The minimum Gasteiger partial charge on any atom is -0.506 e. The van der Waals surface area contributed by atoms with Gasteiger partial charge in [0.15, 0.2) is 5.78 Å². The Morgan fingerprint density at radius 1 is 1.08 bits per heavy atom. The fourth-order valence-corrected chi connectivity index (χ4v) is 4.22. The highest BCUT2D eigenvalue weighted by Crippen LogP contribution is 2.32. The molecule has 0 saturated carbocycles. The lowest BCUT2D eigenvalue weighted by Crippen LogP contribution is -2.08. The van der Waals surface area contributed by atoms with E-state index in [0.29, 0.717) is 23.7 Å². The van der Waals surface area contributed by atoms with Gasteiger partial charge in [-0.1, -0.05) is 18.2 Å². The van der Waals surface area contributed by atoms with Crippen LogP contribution in [-0.4, -0.2) is 22.0 Å². The Morgan fingerprint density at radius 3 is 2.33 bits per heavy atom. The molecule has 1 heterocycles. The molecule has 122 valence electrons. The molecule has 3 rings (SSSR count). The summed E-state index contributed by atoms with van der Waals surface area (Å²) in [5.41, 5.74) is 1.10. The van der Waals surface area contributed by atoms with Gasteiger partial charge in [-0.15, -0.1) is 0 Å². The van der Waals surface area contributed by atoms with Crippen LogP contribution < -0.4 is 0 Å². The normalized spacial score (nSPS) is 10.9. The molecule has 0 unspecified atom stereocenters. The molecule has 0 aliphatic heterocycles. The van der Waals surface area contributed by atoms with Crippen LogP contribution in [0.5, 0.6) is 5.75 Å². The average Bonchev–Trinajstić information content (AvgIpc) is 2.88. The molecule has 2 N–H and O–H groups in total. The monoisotopic (exact) mass is 548 g/mol. The quantitative estimate of drug-likeness (QED) is 0.377. The molecule has 0 radical (unpaired) electrons. The number of carboxylic acids is 1. The number of aromatic hydroxyl groups is 1. The van der Waals surface area contributed by atoms with Crippen molar-refractivity contribution in [3.05, 3.63) is 60.4 Å². The number of phenols is 1. The van der Waals surface area contributed by atoms with Crippen LogP contribution in [0.3, 0.4) is 0 Å². The molecule has 0 spiro atoms. The summed E-state index contributed by atoms with van der Waals surface area (Å²) in [5, 5.41) is 19.5. The number of carbonyl (C=O) groups is 2. The number of carbonyl (C=O) groups excluding carboxylic acids is 1. The molecule has 0 saturated heterocycles. The number of hydrogen-bond acceptors (Lipinski definition) is 4. The van der Waals surface area contributed by atoms with Crippen LogP contribution >= 0.6 is 45.2 Å². The van der Waals surface area contributed by atoms with E-state index in [1.807, 2.05) is 45.2 Å². The van der Waals surface area contributed by atoms with Crippen molar-refractivity contribution in [2.24, 2.45) is 0 Å². The van der Waals surface area contributed by atoms with Crippen molar-refractivity contribution in [1.29, 1.82) is 0 Å². The highest BCUT2D eigenvalue weighted by molar-refractivity contribution is 14.1. The smallest absolute Gasteiger partial charge is 0.311 e. The number of phenolic OH excluding ortho intramolecular Hbond substituents is 1. The molecule has 2 aromatic carbocycles. The number of furan rings is 1.